The SMILES string of the molecule is COC(=O)C1=C(C)N=C2SC=C(CC(=O)NCCN(C)C)N2[C@H]1c1ccc(OCc2ccccc2)c(OC)c1. The van der Waals surface area contributed by atoms with E-state index in [1.54, 1.807) is 14.0 Å². The van der Waals surface area contributed by atoms with Gasteiger partial charge in [-0.2, -0.15) is 0 Å². The van der Waals surface area contributed by atoms with Gasteiger partial charge in [0.2, 0.25) is 5.91 Å². The van der Waals surface area contributed by atoms with Crippen LogP contribution in [-0.2, 0) is 20.9 Å². The van der Waals surface area contributed by atoms with Crippen molar-refractivity contribution in [3.05, 3.63) is 82.0 Å². The van der Waals surface area contributed by atoms with Gasteiger partial charge in [0.05, 0.1) is 38.0 Å². The molecule has 2 aliphatic rings. The number of hydrogen-bond donors (Lipinski definition) is 1. The molecule has 0 spiro atoms. The highest BCUT2D eigenvalue weighted by molar-refractivity contribution is 8.16. The lowest BCUT2D eigenvalue weighted by atomic mass is 9.93. The number of carbonyl (C=O) groups excluding carboxylic acids is 2. The van der Waals surface area contributed by atoms with E-state index in [-0.39, 0.29) is 12.3 Å². The van der Waals surface area contributed by atoms with Gasteiger partial charge in [-0.25, -0.2) is 9.79 Å². The zero-order valence-electron chi connectivity index (χ0n) is 22.9. The van der Waals surface area contributed by atoms with Gasteiger partial charge in [0, 0.05) is 18.8 Å². The minimum Gasteiger partial charge on any atom is -0.493 e. The average molecular weight is 551 g/mol. The van der Waals surface area contributed by atoms with Crippen LogP contribution >= 0.6 is 11.8 Å². The molecule has 2 aliphatic heterocycles. The fraction of sp³-hybridized carbons (Fsp3) is 0.345. The molecule has 0 saturated heterocycles. The summed E-state index contributed by atoms with van der Waals surface area (Å²) in [6, 6.07) is 14.9. The first-order chi connectivity index (χ1) is 18.8. The second kappa shape index (κ2) is 12.9. The largest absolute Gasteiger partial charge is 0.493 e. The van der Waals surface area contributed by atoms with E-state index in [1.807, 2.05) is 77.8 Å². The molecule has 0 radical (unpaired) electrons. The Balaban J connectivity index is 1.64. The van der Waals surface area contributed by atoms with Crippen LogP contribution in [0.4, 0.5) is 0 Å². The van der Waals surface area contributed by atoms with Gasteiger partial charge in [-0.3, -0.25) is 4.79 Å². The lowest BCUT2D eigenvalue weighted by molar-refractivity contribution is -0.136. The van der Waals surface area contributed by atoms with Crippen LogP contribution in [-0.4, -0.2) is 68.2 Å². The molecular weight excluding hydrogens is 516 g/mol. The molecule has 0 unspecified atom stereocenters. The summed E-state index contributed by atoms with van der Waals surface area (Å²) in [7, 11) is 6.85. The van der Waals surface area contributed by atoms with E-state index in [1.165, 1.54) is 18.9 Å². The van der Waals surface area contributed by atoms with E-state index < -0.39 is 12.0 Å². The van der Waals surface area contributed by atoms with Gasteiger partial charge in [0.15, 0.2) is 16.7 Å². The van der Waals surface area contributed by atoms with Crippen molar-refractivity contribution in [1.29, 1.82) is 0 Å². The highest BCUT2D eigenvalue weighted by Gasteiger charge is 2.41. The molecule has 0 fully saturated rings. The van der Waals surface area contributed by atoms with Crippen LogP contribution < -0.4 is 14.8 Å². The summed E-state index contributed by atoms with van der Waals surface area (Å²) in [5.74, 6) is 0.544. The number of nitrogens with one attached hydrogen (secondary N) is 1. The number of esters is 1. The monoisotopic (exact) mass is 550 g/mol. The fourth-order valence-electron chi connectivity index (χ4n) is 4.41. The maximum atomic E-state index is 13.0. The summed E-state index contributed by atoms with van der Waals surface area (Å²) in [5, 5.41) is 5.58. The van der Waals surface area contributed by atoms with Crippen LogP contribution in [0.2, 0.25) is 0 Å². The number of rotatable bonds is 11. The Bertz CT molecular complexity index is 1310. The van der Waals surface area contributed by atoms with Crippen LogP contribution in [0.1, 0.15) is 30.5 Å². The molecule has 0 saturated carbocycles. The number of fused-ring (bicyclic) bond motifs is 1. The second-order valence-corrected chi connectivity index (χ2v) is 10.2. The highest BCUT2D eigenvalue weighted by atomic mass is 32.2. The molecule has 9 nitrogen and oxygen atoms in total. The minimum atomic E-state index is -0.558. The zero-order chi connectivity index (χ0) is 27.9. The standard InChI is InChI=1S/C29H34N4O5S/c1-19-26(28(35)37-5)27(33-22(18-39-29(33)31-19)16-25(34)30-13-14-32(2)3)21-11-12-23(24(15-21)36-4)38-17-20-9-7-6-8-10-20/h6-12,15,18,27H,13-14,16-17H2,1-5H3,(H,30,34)/t27-/m0/s1. The number of nitrogens with zero attached hydrogens (tertiary/aromatic N) is 3. The van der Waals surface area contributed by atoms with Crippen LogP contribution in [0, 0.1) is 0 Å². The van der Waals surface area contributed by atoms with Crippen molar-refractivity contribution in [2.45, 2.75) is 26.0 Å². The molecule has 39 heavy (non-hydrogen) atoms. The van der Waals surface area contributed by atoms with Crippen LogP contribution in [0.25, 0.3) is 0 Å². The molecule has 0 bridgehead atoms. The van der Waals surface area contributed by atoms with E-state index in [0.717, 1.165) is 23.4 Å². The molecule has 206 valence electrons. The lowest BCUT2D eigenvalue weighted by Crippen LogP contribution is -2.38. The maximum Gasteiger partial charge on any atom is 0.338 e. The highest BCUT2D eigenvalue weighted by Crippen LogP contribution is 2.46. The average Bonchev–Trinajstić information content (AvgIpc) is 3.32. The summed E-state index contributed by atoms with van der Waals surface area (Å²) in [6.45, 7) is 3.47. The Morgan fingerprint density at radius 1 is 1.10 bits per heavy atom. The third-order valence-corrected chi connectivity index (χ3v) is 7.26. The number of benzene rings is 2. The maximum absolute atomic E-state index is 13.0. The minimum absolute atomic E-state index is 0.100. The van der Waals surface area contributed by atoms with E-state index >= 15 is 0 Å². The number of hydrogen-bond acceptors (Lipinski definition) is 9. The van der Waals surface area contributed by atoms with Crippen molar-refractivity contribution in [3.63, 3.8) is 0 Å². The summed E-state index contributed by atoms with van der Waals surface area (Å²) in [6.07, 6.45) is 0.152. The number of aliphatic imine (C=N–C) groups is 1. The van der Waals surface area contributed by atoms with Gasteiger partial charge < -0.3 is 29.3 Å². The molecule has 2 aromatic rings. The van der Waals surface area contributed by atoms with Gasteiger partial charge in [-0.05, 0) is 49.7 Å². The predicted molar refractivity (Wildman–Crippen MR) is 152 cm³/mol. The van der Waals surface area contributed by atoms with Crippen LogP contribution in [0.3, 0.4) is 0 Å². The lowest BCUT2D eigenvalue weighted by Gasteiger charge is -2.36. The van der Waals surface area contributed by atoms with Gasteiger partial charge in [-0.15, -0.1) is 0 Å². The molecule has 10 heteroatoms. The topological polar surface area (TPSA) is 92.7 Å². The Morgan fingerprint density at radius 3 is 2.56 bits per heavy atom. The third kappa shape index (κ3) is 6.63. The summed E-state index contributed by atoms with van der Waals surface area (Å²) in [5.41, 5.74) is 3.55. The second-order valence-electron chi connectivity index (χ2n) is 9.40. The first kappa shape index (κ1) is 28.3. The van der Waals surface area contributed by atoms with Gasteiger partial charge in [-0.1, -0.05) is 48.2 Å². The van der Waals surface area contributed by atoms with Gasteiger partial charge in [0.1, 0.15) is 6.61 Å². The van der Waals surface area contributed by atoms with Crippen molar-refractivity contribution in [3.8, 4) is 11.5 Å². The molecule has 0 aliphatic carbocycles. The van der Waals surface area contributed by atoms with Gasteiger partial charge >= 0.3 is 5.97 Å². The normalized spacial score (nSPS) is 16.5. The first-order valence-electron chi connectivity index (χ1n) is 12.6. The zero-order valence-corrected chi connectivity index (χ0v) is 23.7. The molecule has 0 aromatic heterocycles. The molecule has 4 rings (SSSR count). The molecule has 1 atom stereocenters. The predicted octanol–water partition coefficient (Wildman–Crippen LogP) is 4.09. The Morgan fingerprint density at radius 2 is 1.87 bits per heavy atom. The number of amides is 1. The van der Waals surface area contributed by atoms with Crippen molar-refractivity contribution in [2.75, 3.05) is 41.4 Å². The molecule has 1 amide bonds. The van der Waals surface area contributed by atoms with E-state index in [9.17, 15) is 9.59 Å². The molecular formula is C29H34N4O5S. The van der Waals surface area contributed by atoms with Crippen molar-refractivity contribution in [1.82, 2.24) is 15.1 Å². The Labute approximate surface area is 233 Å². The molecule has 2 heterocycles. The number of amidine groups is 1. The van der Waals surface area contributed by atoms with Crippen LogP contribution in [0.5, 0.6) is 11.5 Å². The molecule has 1 N–H and O–H groups in total. The number of allylic oxidation sites excluding steroid dienone is 1. The number of likely N-dealkylation sites (N-methyl/N-ethyl adjacent to an activating group) is 1. The number of thioether (sulfide) groups is 1. The van der Waals surface area contributed by atoms with E-state index in [0.29, 0.717) is 41.1 Å². The van der Waals surface area contributed by atoms with Crippen molar-refractivity contribution >= 4 is 28.8 Å². The summed E-state index contributed by atoms with van der Waals surface area (Å²) >= 11 is 1.43. The van der Waals surface area contributed by atoms with Crippen molar-refractivity contribution < 1.29 is 23.8 Å². The fourth-order valence-corrected chi connectivity index (χ4v) is 5.38. The molecule has 2 aromatic carbocycles. The van der Waals surface area contributed by atoms with Gasteiger partial charge in [0.25, 0.3) is 0 Å². The Kier molecular flexibility index (Phi) is 9.32. The number of methoxy groups -OCH3 is 2. The van der Waals surface area contributed by atoms with Crippen molar-refractivity contribution in [2.24, 2.45) is 4.99 Å². The quantitative estimate of drug-likeness (QED) is 0.419. The first-order valence-corrected chi connectivity index (χ1v) is 13.5. The number of carbonyl (C=O) groups is 2. The Hall–Kier alpha value is -3.76. The third-order valence-electron chi connectivity index (χ3n) is 6.37. The van der Waals surface area contributed by atoms with E-state index in [2.05, 4.69) is 10.3 Å². The van der Waals surface area contributed by atoms with Crippen LogP contribution in [0.15, 0.2) is 75.9 Å². The smallest absolute Gasteiger partial charge is 0.338 e. The van der Waals surface area contributed by atoms with E-state index in [4.69, 9.17) is 14.2 Å². The summed E-state index contributed by atoms with van der Waals surface area (Å²) < 4.78 is 16.9. The summed E-state index contributed by atoms with van der Waals surface area (Å²) in [4.78, 5) is 34.4. The number of ether oxygens (including phenoxy) is 3.